The summed E-state index contributed by atoms with van der Waals surface area (Å²) in [6.07, 6.45) is 1.09. The predicted molar refractivity (Wildman–Crippen MR) is 65.7 cm³/mol. The van der Waals surface area contributed by atoms with Gasteiger partial charge < -0.3 is 16.2 Å². The summed E-state index contributed by atoms with van der Waals surface area (Å²) in [5.41, 5.74) is 5.74. The van der Waals surface area contributed by atoms with Crippen LogP contribution in [0.15, 0.2) is 16.7 Å². The first-order valence-electron chi connectivity index (χ1n) is 4.70. The lowest BCUT2D eigenvalue weighted by atomic mass is 9.99. The lowest BCUT2D eigenvalue weighted by Crippen LogP contribution is -2.42. The molecule has 1 aromatic rings. The molecular weight excluding hydrogens is 258 g/mol. The van der Waals surface area contributed by atoms with Gasteiger partial charge in [-0.05, 0) is 42.8 Å². The van der Waals surface area contributed by atoms with Crippen LogP contribution in [-0.4, -0.2) is 21.7 Å². The molecule has 0 radical (unpaired) electrons. The maximum atomic E-state index is 9.56. The second-order valence-corrected chi connectivity index (χ2v) is 4.98. The summed E-state index contributed by atoms with van der Waals surface area (Å²) >= 11 is 3.36. The topological polar surface area (TPSA) is 71.2 Å². The Morgan fingerprint density at radius 2 is 2.20 bits per heavy atom. The lowest BCUT2D eigenvalue weighted by Gasteiger charge is -2.30. The van der Waals surface area contributed by atoms with Crippen molar-refractivity contribution >= 4 is 27.4 Å². The summed E-state index contributed by atoms with van der Waals surface area (Å²) in [6, 6.07) is 1.77. The number of nitrogens with one attached hydrogen (secondary N) is 1. The molecule has 5 heteroatoms. The van der Waals surface area contributed by atoms with Crippen molar-refractivity contribution in [3.8, 4) is 0 Å². The van der Waals surface area contributed by atoms with E-state index in [0.717, 1.165) is 4.47 Å². The number of aromatic nitrogens is 1. The van der Waals surface area contributed by atoms with Crippen LogP contribution < -0.4 is 11.1 Å². The molecule has 0 bridgehead atoms. The van der Waals surface area contributed by atoms with E-state index in [1.165, 1.54) is 0 Å². The molecule has 0 saturated heterocycles. The number of nitrogens with two attached hydrogens (primary N) is 1. The monoisotopic (exact) mass is 273 g/mol. The highest BCUT2D eigenvalue weighted by Crippen LogP contribution is 2.25. The van der Waals surface area contributed by atoms with E-state index < -0.39 is 11.6 Å². The van der Waals surface area contributed by atoms with Crippen LogP contribution in [0.25, 0.3) is 0 Å². The fourth-order valence-electron chi connectivity index (χ4n) is 0.954. The summed E-state index contributed by atoms with van der Waals surface area (Å²) < 4.78 is 0.788. The third-order valence-electron chi connectivity index (χ3n) is 2.35. The van der Waals surface area contributed by atoms with Crippen molar-refractivity contribution in [1.82, 2.24) is 4.98 Å². The summed E-state index contributed by atoms with van der Waals surface area (Å²) in [4.78, 5) is 4.15. The maximum absolute atomic E-state index is 9.56. The Morgan fingerprint density at radius 3 is 2.67 bits per heavy atom. The number of anilines is 2. The first kappa shape index (κ1) is 12.3. The summed E-state index contributed by atoms with van der Waals surface area (Å²) in [5, 5.41) is 12.7. The van der Waals surface area contributed by atoms with Crippen LogP contribution in [0.2, 0.25) is 0 Å². The fourth-order valence-corrected chi connectivity index (χ4v) is 1.42. The second kappa shape index (κ2) is 4.37. The molecule has 0 amide bonds. The average molecular weight is 274 g/mol. The zero-order valence-corrected chi connectivity index (χ0v) is 10.7. The molecule has 1 heterocycles. The molecule has 4 nitrogen and oxygen atoms in total. The molecular formula is C10H16BrN3O. The third-order valence-corrected chi connectivity index (χ3v) is 2.95. The zero-order chi connectivity index (χ0) is 11.6. The highest BCUT2D eigenvalue weighted by Gasteiger charge is 2.24. The van der Waals surface area contributed by atoms with Crippen molar-refractivity contribution in [3.63, 3.8) is 0 Å². The molecule has 0 aromatic carbocycles. The summed E-state index contributed by atoms with van der Waals surface area (Å²) in [5.74, 6) is 0.676. The number of hydrogen-bond donors (Lipinski definition) is 3. The SMILES string of the molecule is CC(O)C(C)(C)Nc1ncc(N)cc1Br. The van der Waals surface area contributed by atoms with Crippen LogP contribution in [0, 0.1) is 0 Å². The van der Waals surface area contributed by atoms with E-state index in [-0.39, 0.29) is 0 Å². The number of aliphatic hydroxyl groups is 1. The van der Waals surface area contributed by atoms with Crippen LogP contribution in [0.5, 0.6) is 0 Å². The molecule has 1 atom stereocenters. The van der Waals surface area contributed by atoms with E-state index in [9.17, 15) is 5.11 Å². The first-order chi connectivity index (χ1) is 6.83. The van der Waals surface area contributed by atoms with Crippen molar-refractivity contribution < 1.29 is 5.11 Å². The van der Waals surface area contributed by atoms with Gasteiger partial charge in [0.25, 0.3) is 0 Å². The molecule has 0 aliphatic rings. The van der Waals surface area contributed by atoms with Crippen LogP contribution in [0.3, 0.4) is 0 Å². The summed E-state index contributed by atoms with van der Waals surface area (Å²) in [6.45, 7) is 5.54. The van der Waals surface area contributed by atoms with Gasteiger partial charge in [-0.15, -0.1) is 0 Å². The van der Waals surface area contributed by atoms with E-state index in [1.54, 1.807) is 19.2 Å². The molecule has 15 heavy (non-hydrogen) atoms. The van der Waals surface area contributed by atoms with Gasteiger partial charge in [-0.25, -0.2) is 4.98 Å². The fraction of sp³-hybridized carbons (Fsp3) is 0.500. The maximum Gasteiger partial charge on any atom is 0.140 e. The number of hydrogen-bond acceptors (Lipinski definition) is 4. The third kappa shape index (κ3) is 3.07. The van der Waals surface area contributed by atoms with Crippen molar-refractivity contribution in [2.75, 3.05) is 11.1 Å². The minimum absolute atomic E-state index is 0.439. The highest BCUT2D eigenvalue weighted by molar-refractivity contribution is 9.10. The van der Waals surface area contributed by atoms with Gasteiger partial charge in [-0.2, -0.15) is 0 Å². The molecule has 0 aliphatic carbocycles. The van der Waals surface area contributed by atoms with Crippen LogP contribution in [0.1, 0.15) is 20.8 Å². The van der Waals surface area contributed by atoms with Crippen molar-refractivity contribution in [3.05, 3.63) is 16.7 Å². The largest absolute Gasteiger partial charge is 0.397 e. The van der Waals surface area contributed by atoms with Crippen LogP contribution in [-0.2, 0) is 0 Å². The average Bonchev–Trinajstić information content (AvgIpc) is 2.09. The minimum atomic E-state index is -0.483. The quantitative estimate of drug-likeness (QED) is 0.788. The molecule has 0 spiro atoms. The molecule has 1 unspecified atom stereocenters. The number of nitrogen functional groups attached to an aromatic ring is 1. The molecule has 0 aliphatic heterocycles. The predicted octanol–water partition coefficient (Wildman–Crippen LogP) is 2.00. The van der Waals surface area contributed by atoms with Gasteiger partial charge in [0.2, 0.25) is 0 Å². The Kier molecular flexibility index (Phi) is 3.57. The Morgan fingerprint density at radius 1 is 1.60 bits per heavy atom. The molecule has 84 valence electrons. The number of rotatable bonds is 3. The molecule has 0 saturated carbocycles. The van der Waals surface area contributed by atoms with Crippen molar-refractivity contribution in [1.29, 1.82) is 0 Å². The number of halogens is 1. The van der Waals surface area contributed by atoms with Crippen LogP contribution in [0.4, 0.5) is 11.5 Å². The minimum Gasteiger partial charge on any atom is -0.397 e. The van der Waals surface area contributed by atoms with Gasteiger partial charge >= 0.3 is 0 Å². The Bertz CT molecular complexity index is 353. The van der Waals surface area contributed by atoms with E-state index in [1.807, 2.05) is 13.8 Å². The van der Waals surface area contributed by atoms with E-state index >= 15 is 0 Å². The van der Waals surface area contributed by atoms with E-state index in [4.69, 9.17) is 5.73 Å². The van der Waals surface area contributed by atoms with E-state index in [0.29, 0.717) is 11.5 Å². The van der Waals surface area contributed by atoms with Gasteiger partial charge in [-0.3, -0.25) is 0 Å². The number of nitrogens with zero attached hydrogens (tertiary/aromatic N) is 1. The number of aliphatic hydroxyl groups excluding tert-OH is 1. The molecule has 4 N–H and O–H groups in total. The smallest absolute Gasteiger partial charge is 0.140 e. The lowest BCUT2D eigenvalue weighted by molar-refractivity contribution is 0.133. The van der Waals surface area contributed by atoms with Crippen LogP contribution >= 0.6 is 15.9 Å². The Hall–Kier alpha value is -0.810. The standard InChI is InChI=1S/C10H16BrN3O/c1-6(15)10(2,3)14-9-8(11)4-7(12)5-13-9/h4-6,15H,12H2,1-3H3,(H,13,14). The number of pyridine rings is 1. The molecule has 1 rings (SSSR count). The summed E-state index contributed by atoms with van der Waals surface area (Å²) in [7, 11) is 0. The second-order valence-electron chi connectivity index (χ2n) is 4.12. The molecule has 1 aromatic heterocycles. The Balaban J connectivity index is 2.90. The van der Waals surface area contributed by atoms with Gasteiger partial charge in [0.05, 0.1) is 28.0 Å². The normalized spacial score (nSPS) is 13.7. The van der Waals surface area contributed by atoms with E-state index in [2.05, 4.69) is 26.2 Å². The van der Waals surface area contributed by atoms with Gasteiger partial charge in [0.15, 0.2) is 0 Å². The van der Waals surface area contributed by atoms with Gasteiger partial charge in [0, 0.05) is 0 Å². The highest BCUT2D eigenvalue weighted by atomic mass is 79.9. The molecule has 0 fully saturated rings. The van der Waals surface area contributed by atoms with Crippen molar-refractivity contribution in [2.24, 2.45) is 0 Å². The first-order valence-corrected chi connectivity index (χ1v) is 5.49. The Labute approximate surface area is 98.0 Å². The van der Waals surface area contributed by atoms with Gasteiger partial charge in [-0.1, -0.05) is 0 Å². The zero-order valence-electron chi connectivity index (χ0n) is 9.08. The van der Waals surface area contributed by atoms with Gasteiger partial charge in [0.1, 0.15) is 5.82 Å². The van der Waals surface area contributed by atoms with Crippen molar-refractivity contribution in [2.45, 2.75) is 32.4 Å².